The van der Waals surface area contributed by atoms with Crippen molar-refractivity contribution in [2.24, 2.45) is 0 Å². The quantitative estimate of drug-likeness (QED) is 0.878. The zero-order valence-electron chi connectivity index (χ0n) is 11.0. The first-order valence-electron chi connectivity index (χ1n) is 5.84. The highest BCUT2D eigenvalue weighted by atomic mass is 16.4. The van der Waals surface area contributed by atoms with E-state index in [1.807, 2.05) is 13.8 Å². The average Bonchev–Trinajstić information content (AvgIpc) is 2.66. The molecule has 0 amide bonds. The van der Waals surface area contributed by atoms with E-state index >= 15 is 0 Å². The largest absolute Gasteiger partial charge is 0.478 e. The van der Waals surface area contributed by atoms with E-state index in [4.69, 9.17) is 9.52 Å². The third-order valence-electron chi connectivity index (χ3n) is 2.77. The molecule has 100 valence electrons. The van der Waals surface area contributed by atoms with Crippen molar-refractivity contribution >= 4 is 11.7 Å². The number of nitrogens with zero attached hydrogens (tertiary/aromatic N) is 2. The highest BCUT2D eigenvalue weighted by Gasteiger charge is 2.12. The number of carbonyl (C=O) groups is 1. The Balaban J connectivity index is 2.19. The molecule has 0 radical (unpaired) electrons. The first-order chi connectivity index (χ1) is 8.97. The number of aromatic carboxylic acids is 1. The Morgan fingerprint density at radius 3 is 2.74 bits per heavy atom. The number of pyridine rings is 1. The van der Waals surface area contributed by atoms with Gasteiger partial charge in [0, 0.05) is 11.9 Å². The van der Waals surface area contributed by atoms with Crippen molar-refractivity contribution in [1.82, 2.24) is 9.97 Å². The van der Waals surface area contributed by atoms with E-state index in [1.165, 1.54) is 6.20 Å². The molecule has 2 N–H and O–H groups in total. The minimum absolute atomic E-state index is 0.130. The van der Waals surface area contributed by atoms with Crippen LogP contribution in [0.4, 0.5) is 5.69 Å². The molecule has 2 aromatic heterocycles. The second-order valence-electron chi connectivity index (χ2n) is 4.28. The Labute approximate surface area is 110 Å². The van der Waals surface area contributed by atoms with Crippen molar-refractivity contribution in [3.05, 3.63) is 40.9 Å². The van der Waals surface area contributed by atoms with Crippen LogP contribution in [0.15, 0.2) is 16.7 Å². The summed E-state index contributed by atoms with van der Waals surface area (Å²) in [5, 5.41) is 12.1. The van der Waals surface area contributed by atoms with Crippen molar-refractivity contribution in [2.45, 2.75) is 27.3 Å². The molecular formula is C13H15N3O3. The summed E-state index contributed by atoms with van der Waals surface area (Å²) >= 11 is 0. The average molecular weight is 261 g/mol. The summed E-state index contributed by atoms with van der Waals surface area (Å²) in [6.45, 7) is 5.83. The number of carboxylic acid groups (broad SMARTS) is 1. The number of hydrogen-bond acceptors (Lipinski definition) is 5. The molecule has 0 aliphatic carbocycles. The van der Waals surface area contributed by atoms with Gasteiger partial charge in [-0.2, -0.15) is 0 Å². The van der Waals surface area contributed by atoms with Gasteiger partial charge >= 0.3 is 5.97 Å². The van der Waals surface area contributed by atoms with Crippen LogP contribution in [0.3, 0.4) is 0 Å². The zero-order valence-corrected chi connectivity index (χ0v) is 11.0. The molecule has 0 saturated carbocycles. The van der Waals surface area contributed by atoms with Gasteiger partial charge in [-0.15, -0.1) is 0 Å². The first-order valence-corrected chi connectivity index (χ1v) is 5.84. The highest BCUT2D eigenvalue weighted by Crippen LogP contribution is 2.17. The number of rotatable bonds is 4. The zero-order chi connectivity index (χ0) is 14.0. The van der Waals surface area contributed by atoms with Crippen molar-refractivity contribution in [2.75, 3.05) is 5.32 Å². The molecule has 0 saturated heterocycles. The first kappa shape index (κ1) is 13.1. The summed E-state index contributed by atoms with van der Waals surface area (Å²) < 4.78 is 5.43. The molecule has 0 aromatic carbocycles. The van der Waals surface area contributed by atoms with Crippen molar-refractivity contribution < 1.29 is 14.3 Å². The van der Waals surface area contributed by atoms with Crippen LogP contribution in [0, 0.1) is 20.8 Å². The van der Waals surface area contributed by atoms with Gasteiger partial charge in [0.25, 0.3) is 0 Å². The summed E-state index contributed by atoms with van der Waals surface area (Å²) in [6, 6.07) is 1.69. The van der Waals surface area contributed by atoms with E-state index in [2.05, 4.69) is 15.3 Å². The molecule has 19 heavy (non-hydrogen) atoms. The smallest absolute Gasteiger partial charge is 0.339 e. The monoisotopic (exact) mass is 261 g/mol. The minimum Gasteiger partial charge on any atom is -0.478 e. The molecule has 0 spiro atoms. The van der Waals surface area contributed by atoms with Crippen LogP contribution in [0.25, 0.3) is 0 Å². The standard InChI is InChI=1S/C13H15N3O3/c1-7-4-11(10(5-14-7)13(17)18)15-6-12-16-8(2)9(3)19-12/h4-5H,6H2,1-3H3,(H,14,15)(H,17,18). The second kappa shape index (κ2) is 5.09. The lowest BCUT2D eigenvalue weighted by Crippen LogP contribution is -2.07. The van der Waals surface area contributed by atoms with Crippen molar-refractivity contribution in [3.8, 4) is 0 Å². The van der Waals surface area contributed by atoms with Crippen LogP contribution >= 0.6 is 0 Å². The predicted octanol–water partition coefficient (Wildman–Crippen LogP) is 2.31. The molecule has 2 heterocycles. The number of aromatic nitrogens is 2. The number of anilines is 1. The second-order valence-corrected chi connectivity index (χ2v) is 4.28. The fraction of sp³-hybridized carbons (Fsp3) is 0.308. The maximum atomic E-state index is 11.1. The van der Waals surface area contributed by atoms with E-state index in [-0.39, 0.29) is 5.56 Å². The van der Waals surface area contributed by atoms with E-state index in [0.717, 1.165) is 17.1 Å². The maximum absolute atomic E-state index is 11.1. The molecular weight excluding hydrogens is 246 g/mol. The third-order valence-corrected chi connectivity index (χ3v) is 2.77. The van der Waals surface area contributed by atoms with Crippen LogP contribution in [0.5, 0.6) is 0 Å². The molecule has 6 nitrogen and oxygen atoms in total. The molecule has 0 atom stereocenters. The van der Waals surface area contributed by atoms with Gasteiger partial charge in [0.05, 0.1) is 17.9 Å². The molecule has 0 fully saturated rings. The van der Waals surface area contributed by atoms with Gasteiger partial charge in [0.15, 0.2) is 0 Å². The van der Waals surface area contributed by atoms with Crippen LogP contribution in [0.1, 0.15) is 33.4 Å². The Morgan fingerprint density at radius 1 is 1.42 bits per heavy atom. The molecule has 0 aliphatic rings. The molecule has 6 heteroatoms. The molecule has 0 bridgehead atoms. The Bertz CT molecular complexity index is 600. The van der Waals surface area contributed by atoms with E-state index in [0.29, 0.717) is 18.1 Å². The van der Waals surface area contributed by atoms with Crippen molar-refractivity contribution in [1.29, 1.82) is 0 Å². The Morgan fingerprint density at radius 2 is 2.16 bits per heavy atom. The van der Waals surface area contributed by atoms with Gasteiger partial charge in [-0.25, -0.2) is 9.78 Å². The van der Waals surface area contributed by atoms with Gasteiger partial charge in [-0.05, 0) is 26.8 Å². The van der Waals surface area contributed by atoms with Gasteiger partial charge in [0.1, 0.15) is 11.3 Å². The van der Waals surface area contributed by atoms with Gasteiger partial charge in [0.2, 0.25) is 5.89 Å². The Kier molecular flexibility index (Phi) is 3.50. The van der Waals surface area contributed by atoms with Crippen LogP contribution in [0.2, 0.25) is 0 Å². The number of aryl methyl sites for hydroxylation is 3. The summed E-state index contributed by atoms with van der Waals surface area (Å²) in [5.41, 5.74) is 2.22. The number of hydrogen-bond donors (Lipinski definition) is 2. The lowest BCUT2D eigenvalue weighted by molar-refractivity contribution is 0.0697. The highest BCUT2D eigenvalue weighted by molar-refractivity contribution is 5.93. The summed E-state index contributed by atoms with van der Waals surface area (Å²) in [4.78, 5) is 19.3. The fourth-order valence-electron chi connectivity index (χ4n) is 1.66. The van der Waals surface area contributed by atoms with Gasteiger partial charge in [-0.1, -0.05) is 0 Å². The van der Waals surface area contributed by atoms with Crippen LogP contribution in [-0.2, 0) is 6.54 Å². The topological polar surface area (TPSA) is 88.2 Å². The SMILES string of the molecule is Cc1cc(NCc2nc(C)c(C)o2)c(C(=O)O)cn1. The van der Waals surface area contributed by atoms with E-state index in [9.17, 15) is 4.79 Å². The van der Waals surface area contributed by atoms with Crippen LogP contribution < -0.4 is 5.32 Å². The van der Waals surface area contributed by atoms with Gasteiger partial charge in [-0.3, -0.25) is 4.98 Å². The van der Waals surface area contributed by atoms with Gasteiger partial charge < -0.3 is 14.8 Å². The predicted molar refractivity (Wildman–Crippen MR) is 69.2 cm³/mol. The van der Waals surface area contributed by atoms with E-state index < -0.39 is 5.97 Å². The normalized spacial score (nSPS) is 10.5. The lowest BCUT2D eigenvalue weighted by Gasteiger charge is -2.08. The van der Waals surface area contributed by atoms with E-state index in [1.54, 1.807) is 13.0 Å². The minimum atomic E-state index is -1.02. The Hall–Kier alpha value is -2.37. The summed E-state index contributed by atoms with van der Waals surface area (Å²) in [7, 11) is 0. The third kappa shape index (κ3) is 2.90. The number of nitrogens with one attached hydrogen (secondary N) is 1. The summed E-state index contributed by atoms with van der Waals surface area (Å²) in [5.74, 6) is 0.275. The summed E-state index contributed by atoms with van der Waals surface area (Å²) in [6.07, 6.45) is 1.34. The number of carboxylic acids is 1. The molecule has 0 unspecified atom stereocenters. The van der Waals surface area contributed by atoms with Crippen molar-refractivity contribution in [3.63, 3.8) is 0 Å². The lowest BCUT2D eigenvalue weighted by atomic mass is 10.2. The maximum Gasteiger partial charge on any atom is 0.339 e. The fourth-order valence-corrected chi connectivity index (χ4v) is 1.66. The molecule has 2 aromatic rings. The van der Waals surface area contributed by atoms with Crippen LogP contribution in [-0.4, -0.2) is 21.0 Å². The number of oxazole rings is 1. The molecule has 2 rings (SSSR count). The molecule has 0 aliphatic heterocycles.